The standard InChI is InChI=1S/C14H17N3O3.C2HF3O2/c18-14(15-5-6-17-7-9-19-10-8-17)13-11-3-1-2-4-12(11)20-16-13;3-2(4,5)1(6)7/h1-4H,5-10H2,(H,15,18);(H,6,7). The molecule has 27 heavy (non-hydrogen) atoms. The number of carbonyl (C=O) groups excluding carboxylic acids is 1. The summed E-state index contributed by atoms with van der Waals surface area (Å²) in [5.74, 6) is -2.95. The highest BCUT2D eigenvalue weighted by Gasteiger charge is 2.38. The lowest BCUT2D eigenvalue weighted by Crippen LogP contribution is -2.41. The Morgan fingerprint density at radius 1 is 1.22 bits per heavy atom. The number of alkyl halides is 3. The van der Waals surface area contributed by atoms with Crippen LogP contribution in [-0.4, -0.2) is 72.6 Å². The lowest BCUT2D eigenvalue weighted by atomic mass is 10.2. The van der Waals surface area contributed by atoms with E-state index in [0.29, 0.717) is 17.8 Å². The van der Waals surface area contributed by atoms with Crippen molar-refractivity contribution in [2.45, 2.75) is 6.18 Å². The molecule has 11 heteroatoms. The number of aliphatic carboxylic acids is 1. The van der Waals surface area contributed by atoms with Gasteiger partial charge in [0, 0.05) is 26.2 Å². The van der Waals surface area contributed by atoms with Crippen LogP contribution in [0, 0.1) is 0 Å². The van der Waals surface area contributed by atoms with Gasteiger partial charge in [-0.1, -0.05) is 17.3 Å². The number of aromatic nitrogens is 1. The Labute approximate surface area is 151 Å². The first-order chi connectivity index (χ1) is 12.8. The van der Waals surface area contributed by atoms with Crippen molar-refractivity contribution in [1.82, 2.24) is 15.4 Å². The number of rotatable bonds is 4. The van der Waals surface area contributed by atoms with Crippen molar-refractivity contribution in [3.8, 4) is 0 Å². The van der Waals surface area contributed by atoms with Crippen molar-refractivity contribution >= 4 is 22.8 Å². The zero-order chi connectivity index (χ0) is 19.9. The van der Waals surface area contributed by atoms with E-state index in [1.54, 1.807) is 6.07 Å². The van der Waals surface area contributed by atoms with Crippen LogP contribution < -0.4 is 5.32 Å². The minimum Gasteiger partial charge on any atom is -0.475 e. The van der Waals surface area contributed by atoms with E-state index in [2.05, 4.69) is 15.4 Å². The minimum absolute atomic E-state index is 0.191. The highest BCUT2D eigenvalue weighted by atomic mass is 19.4. The predicted octanol–water partition coefficient (Wildman–Crippen LogP) is 1.52. The van der Waals surface area contributed by atoms with Crippen LogP contribution in [0.15, 0.2) is 28.8 Å². The zero-order valence-electron chi connectivity index (χ0n) is 14.2. The van der Waals surface area contributed by atoms with Crippen LogP contribution in [0.25, 0.3) is 11.0 Å². The summed E-state index contributed by atoms with van der Waals surface area (Å²) in [6.07, 6.45) is -5.08. The number of hydrogen-bond donors (Lipinski definition) is 2. The van der Waals surface area contributed by atoms with Gasteiger partial charge in [0.15, 0.2) is 11.3 Å². The van der Waals surface area contributed by atoms with Crippen LogP contribution in [0.3, 0.4) is 0 Å². The highest BCUT2D eigenvalue weighted by molar-refractivity contribution is 6.03. The number of hydrogen-bond acceptors (Lipinski definition) is 6. The van der Waals surface area contributed by atoms with E-state index in [4.69, 9.17) is 19.2 Å². The van der Waals surface area contributed by atoms with Crippen LogP contribution in [0.1, 0.15) is 10.5 Å². The van der Waals surface area contributed by atoms with Crippen LogP contribution in [-0.2, 0) is 9.53 Å². The molecule has 1 aromatic heterocycles. The van der Waals surface area contributed by atoms with Gasteiger partial charge in [0.2, 0.25) is 0 Å². The van der Waals surface area contributed by atoms with Crippen molar-refractivity contribution in [3.05, 3.63) is 30.0 Å². The van der Waals surface area contributed by atoms with Gasteiger partial charge in [0.25, 0.3) is 5.91 Å². The van der Waals surface area contributed by atoms with Crippen molar-refractivity contribution in [1.29, 1.82) is 0 Å². The van der Waals surface area contributed by atoms with E-state index in [9.17, 15) is 18.0 Å². The second-order valence-corrected chi connectivity index (χ2v) is 5.54. The number of para-hydroxylation sites is 1. The number of fused-ring (bicyclic) bond motifs is 1. The molecule has 1 saturated heterocycles. The Bertz CT molecular complexity index is 772. The van der Waals surface area contributed by atoms with Crippen molar-refractivity contribution in [3.63, 3.8) is 0 Å². The van der Waals surface area contributed by atoms with Gasteiger partial charge < -0.3 is 19.7 Å². The van der Waals surface area contributed by atoms with Crippen LogP contribution in [0.2, 0.25) is 0 Å². The second-order valence-electron chi connectivity index (χ2n) is 5.54. The molecule has 0 spiro atoms. The Hall–Kier alpha value is -2.66. The van der Waals surface area contributed by atoms with E-state index < -0.39 is 12.1 Å². The molecular weight excluding hydrogens is 371 g/mol. The number of halogens is 3. The van der Waals surface area contributed by atoms with Crippen LogP contribution in [0.5, 0.6) is 0 Å². The van der Waals surface area contributed by atoms with E-state index in [1.807, 2.05) is 18.2 Å². The van der Waals surface area contributed by atoms with Gasteiger partial charge in [0.05, 0.1) is 18.6 Å². The fraction of sp³-hybridized carbons (Fsp3) is 0.438. The second kappa shape index (κ2) is 9.33. The average molecular weight is 389 g/mol. The Morgan fingerprint density at radius 3 is 2.48 bits per heavy atom. The minimum atomic E-state index is -5.08. The quantitative estimate of drug-likeness (QED) is 0.817. The van der Waals surface area contributed by atoms with Gasteiger partial charge >= 0.3 is 12.1 Å². The Balaban J connectivity index is 0.000000321. The molecule has 1 aliphatic heterocycles. The molecule has 2 aromatic rings. The molecule has 2 N–H and O–H groups in total. The summed E-state index contributed by atoms with van der Waals surface area (Å²) in [7, 11) is 0. The lowest BCUT2D eigenvalue weighted by Gasteiger charge is -2.26. The number of carboxylic acids is 1. The first kappa shape index (κ1) is 20.6. The van der Waals surface area contributed by atoms with Crippen molar-refractivity contribution in [2.24, 2.45) is 0 Å². The number of carboxylic acid groups (broad SMARTS) is 1. The molecule has 1 amide bonds. The average Bonchev–Trinajstić information content (AvgIpc) is 3.06. The van der Waals surface area contributed by atoms with E-state index >= 15 is 0 Å². The van der Waals surface area contributed by atoms with Crippen LogP contribution >= 0.6 is 0 Å². The van der Waals surface area contributed by atoms with Gasteiger partial charge in [-0.05, 0) is 12.1 Å². The number of nitrogens with one attached hydrogen (secondary N) is 1. The number of amides is 1. The maximum absolute atomic E-state index is 12.1. The number of benzene rings is 1. The fourth-order valence-electron chi connectivity index (χ4n) is 2.29. The molecule has 1 aliphatic rings. The molecule has 1 aromatic carbocycles. The summed E-state index contributed by atoms with van der Waals surface area (Å²) in [4.78, 5) is 23.2. The van der Waals surface area contributed by atoms with Crippen molar-refractivity contribution in [2.75, 3.05) is 39.4 Å². The third-order valence-corrected chi connectivity index (χ3v) is 3.65. The Morgan fingerprint density at radius 2 is 1.85 bits per heavy atom. The van der Waals surface area contributed by atoms with Crippen LogP contribution in [0.4, 0.5) is 13.2 Å². The summed E-state index contributed by atoms with van der Waals surface area (Å²) < 4.78 is 42.1. The largest absolute Gasteiger partial charge is 0.490 e. The monoisotopic (exact) mass is 389 g/mol. The number of nitrogens with zero attached hydrogens (tertiary/aromatic N) is 2. The molecule has 148 valence electrons. The third-order valence-electron chi connectivity index (χ3n) is 3.65. The van der Waals surface area contributed by atoms with Gasteiger partial charge in [-0.3, -0.25) is 9.69 Å². The molecule has 1 fully saturated rings. The molecule has 0 aliphatic carbocycles. The zero-order valence-corrected chi connectivity index (χ0v) is 14.2. The van der Waals surface area contributed by atoms with Gasteiger partial charge in [-0.25, -0.2) is 4.79 Å². The summed E-state index contributed by atoms with van der Waals surface area (Å²) >= 11 is 0. The topological polar surface area (TPSA) is 105 Å². The molecule has 8 nitrogen and oxygen atoms in total. The summed E-state index contributed by atoms with van der Waals surface area (Å²) in [5.41, 5.74) is 0.980. The number of ether oxygens (including phenoxy) is 1. The van der Waals surface area contributed by atoms with Crippen molar-refractivity contribution < 1.29 is 37.1 Å². The van der Waals surface area contributed by atoms with E-state index in [1.165, 1.54) is 0 Å². The van der Waals surface area contributed by atoms with Gasteiger partial charge in [-0.2, -0.15) is 13.2 Å². The molecule has 0 saturated carbocycles. The Kier molecular flexibility index (Phi) is 7.13. The summed E-state index contributed by atoms with van der Waals surface area (Å²) in [6, 6.07) is 7.35. The first-order valence-electron chi connectivity index (χ1n) is 8.02. The molecular formula is C16H18F3N3O5. The molecule has 3 rings (SSSR count). The van der Waals surface area contributed by atoms with E-state index in [-0.39, 0.29) is 5.91 Å². The number of carbonyl (C=O) groups is 2. The number of morpholine rings is 1. The fourth-order valence-corrected chi connectivity index (χ4v) is 2.29. The lowest BCUT2D eigenvalue weighted by molar-refractivity contribution is -0.192. The maximum atomic E-state index is 12.1. The first-order valence-corrected chi connectivity index (χ1v) is 8.02. The van der Waals surface area contributed by atoms with E-state index in [0.717, 1.165) is 38.2 Å². The molecule has 0 bridgehead atoms. The smallest absolute Gasteiger partial charge is 0.475 e. The summed E-state index contributed by atoms with van der Waals surface area (Å²) in [5, 5.41) is 14.6. The summed E-state index contributed by atoms with van der Waals surface area (Å²) in [6.45, 7) is 4.79. The SMILES string of the molecule is O=C(NCCN1CCOCC1)c1noc2ccccc12.O=C(O)C(F)(F)F. The molecule has 0 atom stereocenters. The predicted molar refractivity (Wildman–Crippen MR) is 87.3 cm³/mol. The third kappa shape index (κ3) is 6.22. The molecule has 0 radical (unpaired) electrons. The highest BCUT2D eigenvalue weighted by Crippen LogP contribution is 2.17. The normalized spacial score (nSPS) is 15.1. The maximum Gasteiger partial charge on any atom is 0.490 e. The van der Waals surface area contributed by atoms with Gasteiger partial charge in [-0.15, -0.1) is 0 Å². The van der Waals surface area contributed by atoms with Gasteiger partial charge in [0.1, 0.15) is 0 Å². The molecule has 0 unspecified atom stereocenters. The molecule has 2 heterocycles.